The first-order valence-electron chi connectivity index (χ1n) is 7.41. The highest BCUT2D eigenvalue weighted by molar-refractivity contribution is 5.85. The Morgan fingerprint density at radius 1 is 1.13 bits per heavy atom. The van der Waals surface area contributed by atoms with E-state index in [0.29, 0.717) is 11.9 Å². The van der Waals surface area contributed by atoms with Gasteiger partial charge in [0.05, 0.1) is 11.2 Å². The van der Waals surface area contributed by atoms with Crippen LogP contribution in [-0.2, 0) is 11.2 Å². The van der Waals surface area contributed by atoms with E-state index in [1.807, 2.05) is 37.3 Å². The Labute approximate surface area is 133 Å². The third-order valence-corrected chi connectivity index (χ3v) is 3.81. The molecule has 0 fully saturated rings. The highest BCUT2D eigenvalue weighted by atomic mass is 19.1. The van der Waals surface area contributed by atoms with Crippen molar-refractivity contribution in [2.24, 2.45) is 0 Å². The fourth-order valence-electron chi connectivity index (χ4n) is 2.59. The van der Waals surface area contributed by atoms with E-state index in [-0.39, 0.29) is 12.2 Å². The van der Waals surface area contributed by atoms with Crippen LogP contribution < -0.4 is 0 Å². The van der Waals surface area contributed by atoms with Gasteiger partial charge in [0.1, 0.15) is 5.82 Å². The van der Waals surface area contributed by atoms with Crippen LogP contribution in [0.1, 0.15) is 17.5 Å². The molecule has 23 heavy (non-hydrogen) atoms. The van der Waals surface area contributed by atoms with Gasteiger partial charge < -0.3 is 5.11 Å². The molecule has 0 radical (unpaired) electrons. The summed E-state index contributed by atoms with van der Waals surface area (Å²) in [6.45, 7) is 2.01. The van der Waals surface area contributed by atoms with Gasteiger partial charge in [-0.15, -0.1) is 0 Å². The number of hydrogen-bond acceptors (Lipinski definition) is 2. The number of aromatic nitrogens is 1. The van der Waals surface area contributed by atoms with Crippen molar-refractivity contribution in [2.75, 3.05) is 0 Å². The van der Waals surface area contributed by atoms with Gasteiger partial charge in [0, 0.05) is 23.4 Å². The van der Waals surface area contributed by atoms with Crippen LogP contribution in [0, 0.1) is 12.7 Å². The van der Waals surface area contributed by atoms with Gasteiger partial charge in [-0.2, -0.15) is 0 Å². The van der Waals surface area contributed by atoms with Crippen LogP contribution in [0.2, 0.25) is 0 Å². The van der Waals surface area contributed by atoms with E-state index in [9.17, 15) is 9.18 Å². The molecule has 3 nitrogen and oxygen atoms in total. The SMILES string of the molecule is Cc1ccc(-c2cc(CCC(=O)O)c3ccc(F)cc3n2)cc1. The van der Waals surface area contributed by atoms with Crippen LogP contribution in [0.25, 0.3) is 22.2 Å². The van der Waals surface area contributed by atoms with Gasteiger partial charge in [-0.25, -0.2) is 9.37 Å². The minimum atomic E-state index is -0.853. The number of nitrogens with zero attached hydrogens (tertiary/aromatic N) is 1. The van der Waals surface area contributed by atoms with Crippen molar-refractivity contribution in [1.82, 2.24) is 4.98 Å². The van der Waals surface area contributed by atoms with Crippen molar-refractivity contribution in [3.8, 4) is 11.3 Å². The van der Waals surface area contributed by atoms with E-state index in [1.54, 1.807) is 6.07 Å². The smallest absolute Gasteiger partial charge is 0.303 e. The van der Waals surface area contributed by atoms with Gasteiger partial charge in [0.2, 0.25) is 0 Å². The minimum absolute atomic E-state index is 0.0316. The molecule has 0 bridgehead atoms. The molecule has 3 rings (SSSR count). The molecule has 116 valence electrons. The number of aliphatic carboxylic acids is 1. The van der Waals surface area contributed by atoms with Gasteiger partial charge in [0.25, 0.3) is 0 Å². The van der Waals surface area contributed by atoms with Crippen molar-refractivity contribution in [2.45, 2.75) is 19.8 Å². The second kappa shape index (κ2) is 6.16. The molecule has 1 aromatic heterocycles. The van der Waals surface area contributed by atoms with Crippen molar-refractivity contribution < 1.29 is 14.3 Å². The normalized spacial score (nSPS) is 10.9. The lowest BCUT2D eigenvalue weighted by atomic mass is 10.0. The lowest BCUT2D eigenvalue weighted by molar-refractivity contribution is -0.136. The first-order chi connectivity index (χ1) is 11.0. The summed E-state index contributed by atoms with van der Waals surface area (Å²) in [6.07, 6.45) is 0.419. The largest absolute Gasteiger partial charge is 0.481 e. The van der Waals surface area contributed by atoms with E-state index in [1.165, 1.54) is 12.1 Å². The van der Waals surface area contributed by atoms with Gasteiger partial charge in [-0.3, -0.25) is 4.79 Å². The fourth-order valence-corrected chi connectivity index (χ4v) is 2.59. The Morgan fingerprint density at radius 3 is 2.57 bits per heavy atom. The van der Waals surface area contributed by atoms with Gasteiger partial charge in [0.15, 0.2) is 0 Å². The second-order valence-corrected chi connectivity index (χ2v) is 5.59. The molecule has 0 atom stereocenters. The molecule has 0 unspecified atom stereocenters. The van der Waals surface area contributed by atoms with Crippen LogP contribution in [-0.4, -0.2) is 16.1 Å². The summed E-state index contributed by atoms with van der Waals surface area (Å²) < 4.78 is 13.5. The number of rotatable bonds is 4. The molecule has 0 spiro atoms. The molecule has 4 heteroatoms. The third-order valence-electron chi connectivity index (χ3n) is 3.81. The Kier molecular flexibility index (Phi) is 4.06. The maximum absolute atomic E-state index is 13.5. The third kappa shape index (κ3) is 3.37. The number of fused-ring (bicyclic) bond motifs is 1. The molecule has 0 aliphatic carbocycles. The number of hydrogen-bond donors (Lipinski definition) is 1. The van der Waals surface area contributed by atoms with Crippen molar-refractivity contribution in [3.05, 3.63) is 65.5 Å². The number of carboxylic acids is 1. The monoisotopic (exact) mass is 309 g/mol. The van der Waals surface area contributed by atoms with E-state index in [4.69, 9.17) is 5.11 Å². The Morgan fingerprint density at radius 2 is 1.87 bits per heavy atom. The summed E-state index contributed by atoms with van der Waals surface area (Å²) in [7, 11) is 0. The first kappa shape index (κ1) is 15.2. The number of halogens is 1. The fraction of sp³-hybridized carbons (Fsp3) is 0.158. The maximum atomic E-state index is 13.5. The van der Waals surface area contributed by atoms with E-state index >= 15 is 0 Å². The average molecular weight is 309 g/mol. The van der Waals surface area contributed by atoms with Crippen molar-refractivity contribution >= 4 is 16.9 Å². The van der Waals surface area contributed by atoms with E-state index in [2.05, 4.69) is 4.98 Å². The minimum Gasteiger partial charge on any atom is -0.481 e. The predicted octanol–water partition coefficient (Wildman–Crippen LogP) is 4.37. The topological polar surface area (TPSA) is 50.2 Å². The van der Waals surface area contributed by atoms with Crippen LogP contribution in [0.15, 0.2) is 48.5 Å². The lowest BCUT2D eigenvalue weighted by Gasteiger charge is -2.10. The second-order valence-electron chi connectivity index (χ2n) is 5.59. The number of aryl methyl sites for hydroxylation is 2. The summed E-state index contributed by atoms with van der Waals surface area (Å²) >= 11 is 0. The molecule has 1 heterocycles. The molecule has 1 N–H and O–H groups in total. The van der Waals surface area contributed by atoms with Crippen molar-refractivity contribution in [3.63, 3.8) is 0 Å². The zero-order chi connectivity index (χ0) is 16.4. The van der Waals surface area contributed by atoms with Gasteiger partial charge in [-0.05, 0) is 37.1 Å². The highest BCUT2D eigenvalue weighted by Crippen LogP contribution is 2.26. The number of carboxylic acid groups (broad SMARTS) is 1. The first-order valence-corrected chi connectivity index (χ1v) is 7.41. The molecule has 3 aromatic rings. The molecule has 0 aliphatic heterocycles. The molecular weight excluding hydrogens is 293 g/mol. The molecule has 0 saturated carbocycles. The summed E-state index contributed by atoms with van der Waals surface area (Å²) in [5.74, 6) is -1.20. The van der Waals surface area contributed by atoms with Gasteiger partial charge >= 0.3 is 5.97 Å². The zero-order valence-electron chi connectivity index (χ0n) is 12.7. The maximum Gasteiger partial charge on any atom is 0.303 e. The van der Waals surface area contributed by atoms with E-state index < -0.39 is 5.97 Å². The number of pyridine rings is 1. The summed E-state index contributed by atoms with van der Waals surface area (Å²) in [4.78, 5) is 15.4. The molecule has 0 aliphatic rings. The molecule has 0 saturated heterocycles. The Hall–Kier alpha value is -2.75. The average Bonchev–Trinajstić information content (AvgIpc) is 2.52. The lowest BCUT2D eigenvalue weighted by Crippen LogP contribution is -2.00. The van der Waals surface area contributed by atoms with Gasteiger partial charge in [-0.1, -0.05) is 29.8 Å². The van der Waals surface area contributed by atoms with Crippen molar-refractivity contribution in [1.29, 1.82) is 0 Å². The zero-order valence-corrected chi connectivity index (χ0v) is 12.7. The van der Waals surface area contributed by atoms with Crippen LogP contribution in [0.4, 0.5) is 4.39 Å². The quantitative estimate of drug-likeness (QED) is 0.778. The van der Waals surface area contributed by atoms with Crippen LogP contribution in [0.3, 0.4) is 0 Å². The molecule has 2 aromatic carbocycles. The Bertz CT molecular complexity index is 872. The number of carbonyl (C=O) groups is 1. The Balaban J connectivity index is 2.14. The van der Waals surface area contributed by atoms with E-state index in [0.717, 1.165) is 27.8 Å². The molecule has 0 amide bonds. The van der Waals surface area contributed by atoms with Crippen LogP contribution in [0.5, 0.6) is 0 Å². The predicted molar refractivity (Wildman–Crippen MR) is 87.8 cm³/mol. The highest BCUT2D eigenvalue weighted by Gasteiger charge is 2.10. The summed E-state index contributed by atoms with van der Waals surface area (Å²) in [5.41, 5.74) is 4.21. The number of benzene rings is 2. The standard InChI is InChI=1S/C19H16FNO2/c1-12-2-4-13(5-3-12)17-10-14(6-9-19(22)23)16-8-7-15(20)11-18(16)21-17/h2-5,7-8,10-11H,6,9H2,1H3,(H,22,23). The summed E-state index contributed by atoms with van der Waals surface area (Å²) in [6, 6.07) is 14.2. The van der Waals surface area contributed by atoms with Crippen LogP contribution >= 0.6 is 0 Å². The molecular formula is C19H16FNO2. The summed E-state index contributed by atoms with van der Waals surface area (Å²) in [5, 5.41) is 9.73.